The lowest BCUT2D eigenvalue weighted by molar-refractivity contribution is 0.591. The maximum atomic E-state index is 6.40. The van der Waals surface area contributed by atoms with E-state index in [-0.39, 0.29) is 5.41 Å². The van der Waals surface area contributed by atoms with Gasteiger partial charge in [0, 0.05) is 10.9 Å². The molecule has 7 aromatic rings. The standard InChI is InChI=1S/C34H26O/c1-34(2,3)25-17-23-13-15-26-28(21-9-5-4-6-10-21)20-29(27-16-14-24(18-25)32(23)33(26)27)31-19-22-11-7-8-12-30(22)35-31/h4-20H,1-3H3. The minimum atomic E-state index is 0.0963. The Morgan fingerprint density at radius 3 is 1.89 bits per heavy atom. The van der Waals surface area contributed by atoms with Gasteiger partial charge in [-0.2, -0.15) is 0 Å². The van der Waals surface area contributed by atoms with E-state index < -0.39 is 0 Å². The van der Waals surface area contributed by atoms with Crippen molar-refractivity contribution < 1.29 is 4.42 Å². The maximum absolute atomic E-state index is 6.40. The van der Waals surface area contributed by atoms with Crippen LogP contribution in [0.2, 0.25) is 0 Å². The smallest absolute Gasteiger partial charge is 0.136 e. The molecule has 0 aliphatic heterocycles. The van der Waals surface area contributed by atoms with E-state index in [1.807, 2.05) is 12.1 Å². The number of hydrogen-bond donors (Lipinski definition) is 0. The molecule has 168 valence electrons. The predicted molar refractivity (Wildman–Crippen MR) is 149 cm³/mol. The molecule has 0 saturated heterocycles. The molecular weight excluding hydrogens is 424 g/mol. The Hall–Kier alpha value is -4.10. The van der Waals surface area contributed by atoms with Crippen molar-refractivity contribution in [3.05, 3.63) is 109 Å². The van der Waals surface area contributed by atoms with Gasteiger partial charge in [-0.3, -0.25) is 0 Å². The topological polar surface area (TPSA) is 13.1 Å². The van der Waals surface area contributed by atoms with Crippen LogP contribution in [-0.4, -0.2) is 0 Å². The zero-order valence-corrected chi connectivity index (χ0v) is 20.2. The summed E-state index contributed by atoms with van der Waals surface area (Å²) in [6, 6.07) is 37.4. The van der Waals surface area contributed by atoms with Crippen LogP contribution in [0, 0.1) is 0 Å². The Bertz CT molecular complexity index is 1810. The molecule has 0 fully saturated rings. The first kappa shape index (κ1) is 20.3. The number of benzene rings is 6. The van der Waals surface area contributed by atoms with Crippen molar-refractivity contribution in [3.63, 3.8) is 0 Å². The molecule has 0 saturated carbocycles. The molecule has 0 radical (unpaired) electrons. The lowest BCUT2D eigenvalue weighted by Gasteiger charge is -2.22. The Kier molecular flexibility index (Phi) is 4.17. The maximum Gasteiger partial charge on any atom is 0.136 e. The van der Waals surface area contributed by atoms with Crippen LogP contribution in [0.5, 0.6) is 0 Å². The van der Waals surface area contributed by atoms with Crippen molar-refractivity contribution in [1.82, 2.24) is 0 Å². The first-order chi connectivity index (χ1) is 17.0. The summed E-state index contributed by atoms with van der Waals surface area (Å²) >= 11 is 0. The molecule has 0 amide bonds. The lowest BCUT2D eigenvalue weighted by Crippen LogP contribution is -2.10. The van der Waals surface area contributed by atoms with Gasteiger partial charge in [0.2, 0.25) is 0 Å². The highest BCUT2D eigenvalue weighted by molar-refractivity contribution is 6.28. The summed E-state index contributed by atoms with van der Waals surface area (Å²) < 4.78 is 6.40. The van der Waals surface area contributed by atoms with Gasteiger partial charge in [0.1, 0.15) is 11.3 Å². The molecule has 0 atom stereocenters. The Balaban J connectivity index is 1.64. The molecule has 35 heavy (non-hydrogen) atoms. The molecule has 0 N–H and O–H groups in total. The van der Waals surface area contributed by atoms with Gasteiger partial charge < -0.3 is 4.42 Å². The first-order valence-electron chi connectivity index (χ1n) is 12.3. The fraction of sp³-hybridized carbons (Fsp3) is 0.118. The molecule has 1 heteroatoms. The van der Waals surface area contributed by atoms with Crippen LogP contribution < -0.4 is 0 Å². The normalized spacial score (nSPS) is 12.4. The molecule has 0 aliphatic rings. The highest BCUT2D eigenvalue weighted by Crippen LogP contribution is 2.45. The van der Waals surface area contributed by atoms with Crippen LogP contribution in [0.3, 0.4) is 0 Å². The van der Waals surface area contributed by atoms with Crippen molar-refractivity contribution in [2.75, 3.05) is 0 Å². The van der Waals surface area contributed by atoms with Crippen molar-refractivity contribution >= 4 is 43.3 Å². The van der Waals surface area contributed by atoms with E-state index >= 15 is 0 Å². The molecule has 7 rings (SSSR count). The first-order valence-corrected chi connectivity index (χ1v) is 12.3. The van der Waals surface area contributed by atoms with E-state index in [1.54, 1.807) is 0 Å². The minimum absolute atomic E-state index is 0.0963. The number of hydrogen-bond acceptors (Lipinski definition) is 1. The van der Waals surface area contributed by atoms with Gasteiger partial charge in [-0.15, -0.1) is 0 Å². The zero-order chi connectivity index (χ0) is 23.7. The van der Waals surface area contributed by atoms with Crippen LogP contribution in [0.4, 0.5) is 0 Å². The highest BCUT2D eigenvalue weighted by Gasteiger charge is 2.21. The van der Waals surface area contributed by atoms with E-state index in [2.05, 4.69) is 112 Å². The van der Waals surface area contributed by atoms with Crippen LogP contribution in [0.15, 0.2) is 108 Å². The number of furan rings is 1. The molecule has 0 unspecified atom stereocenters. The summed E-state index contributed by atoms with van der Waals surface area (Å²) in [4.78, 5) is 0. The van der Waals surface area contributed by atoms with Crippen molar-refractivity contribution in [1.29, 1.82) is 0 Å². The highest BCUT2D eigenvalue weighted by atomic mass is 16.3. The third-order valence-electron chi connectivity index (χ3n) is 7.36. The molecule has 6 aromatic carbocycles. The van der Waals surface area contributed by atoms with Crippen LogP contribution in [0.25, 0.3) is 65.7 Å². The van der Waals surface area contributed by atoms with E-state index in [1.165, 1.54) is 49.0 Å². The van der Waals surface area contributed by atoms with E-state index in [9.17, 15) is 0 Å². The molecule has 1 nitrogen and oxygen atoms in total. The van der Waals surface area contributed by atoms with E-state index in [0.29, 0.717) is 0 Å². The second-order valence-electron chi connectivity index (χ2n) is 10.6. The molecule has 0 aliphatic carbocycles. The number of fused-ring (bicyclic) bond motifs is 1. The van der Waals surface area contributed by atoms with Gasteiger partial charge in [0.05, 0.1) is 0 Å². The molecule has 0 spiro atoms. The lowest BCUT2D eigenvalue weighted by atomic mass is 9.82. The summed E-state index contributed by atoms with van der Waals surface area (Å²) in [6.07, 6.45) is 0. The van der Waals surface area contributed by atoms with Gasteiger partial charge in [-0.1, -0.05) is 106 Å². The molecule has 1 heterocycles. The van der Waals surface area contributed by atoms with Crippen molar-refractivity contribution in [3.8, 4) is 22.5 Å². The molecule has 0 bridgehead atoms. The average Bonchev–Trinajstić information content (AvgIpc) is 3.31. The largest absolute Gasteiger partial charge is 0.456 e. The fourth-order valence-corrected chi connectivity index (χ4v) is 5.52. The van der Waals surface area contributed by atoms with Gasteiger partial charge in [-0.25, -0.2) is 0 Å². The van der Waals surface area contributed by atoms with E-state index in [0.717, 1.165) is 22.3 Å². The Morgan fingerprint density at radius 1 is 0.543 bits per heavy atom. The molecular formula is C34H26O. The van der Waals surface area contributed by atoms with Crippen LogP contribution in [0.1, 0.15) is 26.3 Å². The van der Waals surface area contributed by atoms with Crippen molar-refractivity contribution in [2.45, 2.75) is 26.2 Å². The van der Waals surface area contributed by atoms with Gasteiger partial charge >= 0.3 is 0 Å². The third kappa shape index (κ3) is 3.08. The minimum Gasteiger partial charge on any atom is -0.456 e. The fourth-order valence-electron chi connectivity index (χ4n) is 5.52. The SMILES string of the molecule is CC(C)(C)c1cc2ccc3c(-c4ccccc4)cc(-c4cc5ccccc5o4)c4ccc(c1)c2c34. The van der Waals surface area contributed by atoms with Crippen molar-refractivity contribution in [2.24, 2.45) is 0 Å². The van der Waals surface area contributed by atoms with E-state index in [4.69, 9.17) is 4.42 Å². The van der Waals surface area contributed by atoms with Gasteiger partial charge in [0.25, 0.3) is 0 Å². The Labute approximate surface area is 205 Å². The summed E-state index contributed by atoms with van der Waals surface area (Å²) in [5.74, 6) is 0.914. The number of rotatable bonds is 2. The summed E-state index contributed by atoms with van der Waals surface area (Å²) in [5.41, 5.74) is 5.98. The molecule has 1 aromatic heterocycles. The zero-order valence-electron chi connectivity index (χ0n) is 20.2. The Morgan fingerprint density at radius 2 is 1.20 bits per heavy atom. The summed E-state index contributed by atoms with van der Waals surface area (Å²) in [6.45, 7) is 6.85. The van der Waals surface area contributed by atoms with Crippen LogP contribution in [-0.2, 0) is 5.41 Å². The van der Waals surface area contributed by atoms with Gasteiger partial charge in [0.15, 0.2) is 0 Å². The summed E-state index contributed by atoms with van der Waals surface area (Å²) in [7, 11) is 0. The second-order valence-corrected chi connectivity index (χ2v) is 10.6. The average molecular weight is 451 g/mol. The quantitative estimate of drug-likeness (QED) is 0.239. The second kappa shape index (κ2) is 7.20. The predicted octanol–water partition coefficient (Wildman–Crippen LogP) is 9.96. The van der Waals surface area contributed by atoms with Gasteiger partial charge in [-0.05, 0) is 72.6 Å². The summed E-state index contributed by atoms with van der Waals surface area (Å²) in [5, 5.41) is 8.90. The third-order valence-corrected chi connectivity index (χ3v) is 7.36. The monoisotopic (exact) mass is 450 g/mol. The van der Waals surface area contributed by atoms with Crippen LogP contribution >= 0.6 is 0 Å². The number of para-hydroxylation sites is 1.